The van der Waals surface area contributed by atoms with Crippen molar-refractivity contribution in [1.29, 1.82) is 0 Å². The molecule has 1 aromatic rings. The summed E-state index contributed by atoms with van der Waals surface area (Å²) in [6.07, 6.45) is 1.78. The molecular formula is C15H23ClN2O2. The van der Waals surface area contributed by atoms with E-state index in [0.717, 1.165) is 25.1 Å². The van der Waals surface area contributed by atoms with Crippen molar-refractivity contribution in [3.63, 3.8) is 0 Å². The fourth-order valence-electron chi connectivity index (χ4n) is 1.62. The van der Waals surface area contributed by atoms with Crippen molar-refractivity contribution in [3.8, 4) is 0 Å². The van der Waals surface area contributed by atoms with Gasteiger partial charge in [-0.3, -0.25) is 4.79 Å². The highest BCUT2D eigenvalue weighted by Gasteiger charge is 2.08. The summed E-state index contributed by atoms with van der Waals surface area (Å²) in [5, 5.41) is 3.16. The van der Waals surface area contributed by atoms with Crippen LogP contribution < -0.4 is 5.32 Å². The Hall–Kier alpha value is -1.13. The van der Waals surface area contributed by atoms with Crippen LogP contribution in [0.15, 0.2) is 12.1 Å². The molecule has 20 heavy (non-hydrogen) atoms. The molecular weight excluding hydrogens is 276 g/mol. The number of aryl methyl sites for hydroxylation is 1. The quantitative estimate of drug-likeness (QED) is 0.593. The van der Waals surface area contributed by atoms with Gasteiger partial charge in [0.1, 0.15) is 5.15 Å². The number of nitrogens with one attached hydrogen (secondary N) is 1. The molecule has 5 heteroatoms. The average molecular weight is 299 g/mol. The van der Waals surface area contributed by atoms with Gasteiger partial charge in [-0.25, -0.2) is 4.98 Å². The predicted octanol–water partition coefficient (Wildman–Crippen LogP) is 3.09. The molecule has 0 saturated carbocycles. The number of hydrogen-bond donors (Lipinski definition) is 1. The fourth-order valence-corrected chi connectivity index (χ4v) is 1.85. The number of ether oxygens (including phenoxy) is 1. The largest absolute Gasteiger partial charge is 0.380 e. The lowest BCUT2D eigenvalue weighted by Crippen LogP contribution is -2.27. The van der Waals surface area contributed by atoms with Crippen LogP contribution in [0, 0.1) is 5.92 Å². The highest BCUT2D eigenvalue weighted by atomic mass is 35.5. The zero-order valence-corrected chi connectivity index (χ0v) is 13.2. The number of carbonyl (C=O) groups is 1. The number of pyridine rings is 1. The summed E-state index contributed by atoms with van der Waals surface area (Å²) >= 11 is 5.89. The first kappa shape index (κ1) is 16.9. The molecule has 4 nitrogen and oxygen atoms in total. The van der Waals surface area contributed by atoms with Gasteiger partial charge >= 0.3 is 0 Å². The fraction of sp³-hybridized carbons (Fsp3) is 0.600. The molecule has 0 fully saturated rings. The van der Waals surface area contributed by atoms with Gasteiger partial charge in [0.05, 0.1) is 6.61 Å². The Labute approximate surface area is 125 Å². The van der Waals surface area contributed by atoms with Crippen molar-refractivity contribution in [2.24, 2.45) is 5.92 Å². The van der Waals surface area contributed by atoms with E-state index in [4.69, 9.17) is 16.3 Å². The highest BCUT2D eigenvalue weighted by Crippen LogP contribution is 2.11. The molecule has 1 N–H and O–H groups in total. The number of aromatic nitrogens is 1. The van der Waals surface area contributed by atoms with Crippen molar-refractivity contribution >= 4 is 17.5 Å². The minimum Gasteiger partial charge on any atom is -0.380 e. The van der Waals surface area contributed by atoms with Crippen LogP contribution in [0.2, 0.25) is 5.15 Å². The predicted molar refractivity (Wildman–Crippen MR) is 81.2 cm³/mol. The Morgan fingerprint density at radius 3 is 2.80 bits per heavy atom. The van der Waals surface area contributed by atoms with Crippen LogP contribution in [0.5, 0.6) is 0 Å². The molecule has 0 bridgehead atoms. The van der Waals surface area contributed by atoms with Crippen LogP contribution >= 0.6 is 11.6 Å². The Balaban J connectivity index is 2.34. The average Bonchev–Trinajstić information content (AvgIpc) is 2.41. The van der Waals surface area contributed by atoms with Crippen molar-refractivity contribution in [2.45, 2.75) is 33.6 Å². The molecule has 0 aliphatic carbocycles. The van der Waals surface area contributed by atoms with Gasteiger partial charge in [0, 0.05) is 24.4 Å². The van der Waals surface area contributed by atoms with Crippen molar-refractivity contribution in [2.75, 3.05) is 19.8 Å². The minimum atomic E-state index is -0.142. The van der Waals surface area contributed by atoms with E-state index in [2.05, 4.69) is 24.1 Å². The Bertz CT molecular complexity index is 436. The van der Waals surface area contributed by atoms with Crippen molar-refractivity contribution in [1.82, 2.24) is 10.3 Å². The van der Waals surface area contributed by atoms with Crippen LogP contribution in [0.1, 0.15) is 43.2 Å². The SMILES string of the molecule is CCc1cc(C(=O)NCCOCCC(C)C)cc(Cl)n1. The standard InChI is InChI=1S/C15H23ClN2O2/c1-4-13-9-12(10-14(16)18-13)15(19)17-6-8-20-7-5-11(2)3/h9-11H,4-8H2,1-3H3,(H,17,19). The van der Waals surface area contributed by atoms with Crippen molar-refractivity contribution in [3.05, 3.63) is 28.5 Å². The van der Waals surface area contributed by atoms with E-state index in [1.54, 1.807) is 12.1 Å². The second-order valence-electron chi connectivity index (χ2n) is 5.07. The first-order valence-electron chi connectivity index (χ1n) is 7.05. The summed E-state index contributed by atoms with van der Waals surface area (Å²) in [4.78, 5) is 16.1. The second kappa shape index (κ2) is 8.93. The summed E-state index contributed by atoms with van der Waals surface area (Å²) in [7, 11) is 0. The number of halogens is 1. The molecule has 112 valence electrons. The Morgan fingerprint density at radius 1 is 1.40 bits per heavy atom. The summed E-state index contributed by atoms with van der Waals surface area (Å²) in [5.74, 6) is 0.493. The molecule has 0 aliphatic heterocycles. The van der Waals surface area contributed by atoms with Crippen LogP contribution in [0.3, 0.4) is 0 Å². The van der Waals surface area contributed by atoms with Gasteiger partial charge in [0.2, 0.25) is 0 Å². The molecule has 0 unspecified atom stereocenters. The maximum atomic E-state index is 12.0. The zero-order chi connectivity index (χ0) is 15.0. The maximum Gasteiger partial charge on any atom is 0.251 e. The second-order valence-corrected chi connectivity index (χ2v) is 5.46. The number of carbonyl (C=O) groups excluding carboxylic acids is 1. The maximum absolute atomic E-state index is 12.0. The summed E-state index contributed by atoms with van der Waals surface area (Å²) < 4.78 is 5.45. The van der Waals surface area contributed by atoms with Crippen LogP contribution in [0.4, 0.5) is 0 Å². The van der Waals surface area contributed by atoms with E-state index in [0.29, 0.717) is 29.8 Å². The normalized spacial score (nSPS) is 10.8. The summed E-state index contributed by atoms with van der Waals surface area (Å²) in [6.45, 7) is 8.04. The van der Waals surface area contributed by atoms with E-state index in [1.165, 1.54) is 0 Å². The van der Waals surface area contributed by atoms with Crippen molar-refractivity contribution < 1.29 is 9.53 Å². The van der Waals surface area contributed by atoms with Gasteiger partial charge < -0.3 is 10.1 Å². The molecule has 1 aromatic heterocycles. The molecule has 1 rings (SSSR count). The molecule has 1 heterocycles. The van der Waals surface area contributed by atoms with Gasteiger partial charge in [-0.1, -0.05) is 32.4 Å². The van der Waals surface area contributed by atoms with E-state index < -0.39 is 0 Å². The molecule has 1 amide bonds. The first-order valence-corrected chi connectivity index (χ1v) is 7.43. The summed E-state index contributed by atoms with van der Waals surface area (Å²) in [5.41, 5.74) is 1.36. The van der Waals surface area contributed by atoms with Gasteiger partial charge in [-0.05, 0) is 30.9 Å². The zero-order valence-electron chi connectivity index (χ0n) is 12.4. The third-order valence-electron chi connectivity index (χ3n) is 2.84. The highest BCUT2D eigenvalue weighted by molar-refractivity contribution is 6.29. The molecule has 0 atom stereocenters. The monoisotopic (exact) mass is 298 g/mol. The first-order chi connectivity index (χ1) is 9.52. The van der Waals surface area contributed by atoms with Gasteiger partial charge in [0.25, 0.3) is 5.91 Å². The van der Waals surface area contributed by atoms with Gasteiger partial charge in [-0.15, -0.1) is 0 Å². The molecule has 0 aromatic carbocycles. The van der Waals surface area contributed by atoms with Crippen LogP contribution in [-0.2, 0) is 11.2 Å². The Morgan fingerprint density at radius 2 is 2.15 bits per heavy atom. The molecule has 0 radical (unpaired) electrons. The Kier molecular flexibility index (Phi) is 7.55. The molecule has 0 saturated heterocycles. The van der Waals surface area contributed by atoms with E-state index in [-0.39, 0.29) is 5.91 Å². The van der Waals surface area contributed by atoms with E-state index >= 15 is 0 Å². The van der Waals surface area contributed by atoms with Gasteiger partial charge in [-0.2, -0.15) is 0 Å². The summed E-state index contributed by atoms with van der Waals surface area (Å²) in [6, 6.07) is 3.34. The van der Waals surface area contributed by atoms with Crippen LogP contribution in [-0.4, -0.2) is 30.6 Å². The third kappa shape index (κ3) is 6.35. The molecule has 0 spiro atoms. The number of rotatable bonds is 8. The topological polar surface area (TPSA) is 51.2 Å². The number of amides is 1. The lowest BCUT2D eigenvalue weighted by Gasteiger charge is -2.08. The number of nitrogens with zero attached hydrogens (tertiary/aromatic N) is 1. The number of hydrogen-bond acceptors (Lipinski definition) is 3. The lowest BCUT2D eigenvalue weighted by molar-refractivity contribution is 0.0905. The van der Waals surface area contributed by atoms with Gasteiger partial charge in [0.15, 0.2) is 0 Å². The van der Waals surface area contributed by atoms with E-state index in [1.807, 2.05) is 6.92 Å². The smallest absolute Gasteiger partial charge is 0.251 e. The minimum absolute atomic E-state index is 0.142. The van der Waals surface area contributed by atoms with E-state index in [9.17, 15) is 4.79 Å². The van der Waals surface area contributed by atoms with Crippen LogP contribution in [0.25, 0.3) is 0 Å². The lowest BCUT2D eigenvalue weighted by atomic mass is 10.1. The third-order valence-corrected chi connectivity index (χ3v) is 3.04. The molecule has 0 aliphatic rings.